The van der Waals surface area contributed by atoms with Gasteiger partial charge in [-0.05, 0) is 48.7 Å². The fraction of sp³-hybridized carbons (Fsp3) is 0.261. The number of fused-ring (bicyclic) bond motifs is 2. The summed E-state index contributed by atoms with van der Waals surface area (Å²) in [6, 6.07) is 10.6. The molecule has 2 N–H and O–H groups in total. The van der Waals surface area contributed by atoms with Gasteiger partial charge >= 0.3 is 0 Å². The lowest BCUT2D eigenvalue weighted by atomic mass is 10.1. The van der Waals surface area contributed by atoms with Crippen LogP contribution in [0.2, 0.25) is 0 Å². The van der Waals surface area contributed by atoms with E-state index in [-0.39, 0.29) is 28.6 Å². The van der Waals surface area contributed by atoms with Gasteiger partial charge in [0.05, 0.1) is 17.5 Å². The minimum Gasteiger partial charge on any atom is -0.349 e. The van der Waals surface area contributed by atoms with Gasteiger partial charge in [-0.1, -0.05) is 18.9 Å². The first-order valence-corrected chi connectivity index (χ1v) is 10.4. The molecule has 31 heavy (non-hydrogen) atoms. The second-order valence-electron chi connectivity index (χ2n) is 7.89. The third kappa shape index (κ3) is 3.50. The van der Waals surface area contributed by atoms with Crippen LogP contribution in [0.5, 0.6) is 0 Å². The van der Waals surface area contributed by atoms with Crippen LogP contribution >= 0.6 is 0 Å². The predicted octanol–water partition coefficient (Wildman–Crippen LogP) is 2.24. The fourth-order valence-electron chi connectivity index (χ4n) is 4.22. The molecule has 1 saturated carbocycles. The second kappa shape index (κ2) is 7.79. The summed E-state index contributed by atoms with van der Waals surface area (Å²) in [6.07, 6.45) is 9.08. The average Bonchev–Trinajstić information content (AvgIpc) is 3.30. The Labute approximate surface area is 177 Å². The van der Waals surface area contributed by atoms with Crippen molar-refractivity contribution in [3.05, 3.63) is 82.0 Å². The van der Waals surface area contributed by atoms with Crippen LogP contribution in [0.4, 0.5) is 0 Å². The molecule has 1 fully saturated rings. The van der Waals surface area contributed by atoms with Crippen molar-refractivity contribution in [2.75, 3.05) is 0 Å². The fourth-order valence-corrected chi connectivity index (χ4v) is 4.22. The van der Waals surface area contributed by atoms with Crippen molar-refractivity contribution in [3.8, 4) is 0 Å². The molecule has 0 atom stereocenters. The Morgan fingerprint density at radius 2 is 1.94 bits per heavy atom. The van der Waals surface area contributed by atoms with Crippen LogP contribution in [0.1, 0.15) is 41.6 Å². The molecule has 8 nitrogen and oxygen atoms in total. The quantitative estimate of drug-likeness (QED) is 0.500. The number of nitrogens with one attached hydrogen (secondary N) is 2. The summed E-state index contributed by atoms with van der Waals surface area (Å²) in [5, 5.41) is 12.1. The number of aromatic nitrogens is 4. The Morgan fingerprint density at radius 3 is 2.71 bits per heavy atom. The van der Waals surface area contributed by atoms with Crippen molar-refractivity contribution < 1.29 is 4.79 Å². The van der Waals surface area contributed by atoms with E-state index in [2.05, 4.69) is 15.3 Å². The summed E-state index contributed by atoms with van der Waals surface area (Å²) >= 11 is 0. The van der Waals surface area contributed by atoms with Gasteiger partial charge in [0.25, 0.3) is 11.5 Å². The highest BCUT2D eigenvalue weighted by Gasteiger charge is 2.22. The maximum atomic E-state index is 13.2. The molecular weight excluding hydrogens is 392 g/mol. The van der Waals surface area contributed by atoms with Gasteiger partial charge in [0, 0.05) is 24.6 Å². The van der Waals surface area contributed by atoms with Crippen molar-refractivity contribution in [1.82, 2.24) is 24.3 Å². The van der Waals surface area contributed by atoms with Crippen LogP contribution < -0.4 is 16.4 Å². The third-order valence-electron chi connectivity index (χ3n) is 5.84. The minimum absolute atomic E-state index is 0.0343. The van der Waals surface area contributed by atoms with E-state index >= 15 is 0 Å². The van der Waals surface area contributed by atoms with Gasteiger partial charge in [0.2, 0.25) is 0 Å². The molecule has 156 valence electrons. The smallest absolute Gasteiger partial charge is 0.267 e. The largest absolute Gasteiger partial charge is 0.349 e. The van der Waals surface area contributed by atoms with E-state index in [1.54, 1.807) is 35.3 Å². The van der Waals surface area contributed by atoms with E-state index in [0.29, 0.717) is 23.2 Å². The average molecular weight is 414 g/mol. The highest BCUT2D eigenvalue weighted by molar-refractivity contribution is 5.97. The van der Waals surface area contributed by atoms with Crippen molar-refractivity contribution in [3.63, 3.8) is 0 Å². The highest BCUT2D eigenvalue weighted by atomic mass is 16.2. The lowest BCUT2D eigenvalue weighted by molar-refractivity contribution is 0.0935. The molecule has 4 aromatic rings. The van der Waals surface area contributed by atoms with Gasteiger partial charge in [-0.15, -0.1) is 0 Å². The first kappa shape index (κ1) is 19.2. The Hall–Kier alpha value is -3.81. The number of hydrogen-bond donors (Lipinski definition) is 2. The van der Waals surface area contributed by atoms with Gasteiger partial charge in [0.1, 0.15) is 16.8 Å². The molecule has 0 bridgehead atoms. The monoisotopic (exact) mass is 414 g/mol. The lowest BCUT2D eigenvalue weighted by Crippen LogP contribution is -2.38. The summed E-state index contributed by atoms with van der Waals surface area (Å²) < 4.78 is 3.09. The van der Waals surface area contributed by atoms with Gasteiger partial charge < -0.3 is 9.88 Å². The summed E-state index contributed by atoms with van der Waals surface area (Å²) in [4.78, 5) is 35.0. The summed E-state index contributed by atoms with van der Waals surface area (Å²) in [5.41, 5.74) is 1.73. The van der Waals surface area contributed by atoms with Crippen LogP contribution in [-0.2, 0) is 6.54 Å². The molecule has 1 aliphatic rings. The summed E-state index contributed by atoms with van der Waals surface area (Å²) in [5.74, 6) is -0.320. The molecular formula is C23H22N6O2. The van der Waals surface area contributed by atoms with E-state index < -0.39 is 0 Å². The molecule has 0 saturated heterocycles. The van der Waals surface area contributed by atoms with Gasteiger partial charge in [-0.3, -0.25) is 24.4 Å². The van der Waals surface area contributed by atoms with Crippen molar-refractivity contribution in [2.45, 2.75) is 38.3 Å². The lowest BCUT2D eigenvalue weighted by Gasteiger charge is -2.16. The zero-order valence-corrected chi connectivity index (χ0v) is 16.9. The molecule has 0 unspecified atom stereocenters. The highest BCUT2D eigenvalue weighted by Crippen LogP contribution is 2.18. The number of amides is 1. The first-order valence-electron chi connectivity index (χ1n) is 10.4. The number of rotatable bonds is 4. The van der Waals surface area contributed by atoms with Crippen LogP contribution in [0.15, 0.2) is 59.8 Å². The van der Waals surface area contributed by atoms with E-state index in [4.69, 9.17) is 5.41 Å². The molecule has 5 rings (SSSR count). The summed E-state index contributed by atoms with van der Waals surface area (Å²) in [7, 11) is 0. The van der Waals surface area contributed by atoms with E-state index in [1.807, 2.05) is 18.2 Å². The van der Waals surface area contributed by atoms with Crippen LogP contribution in [-0.4, -0.2) is 30.9 Å². The van der Waals surface area contributed by atoms with Gasteiger partial charge in [0.15, 0.2) is 0 Å². The molecule has 0 radical (unpaired) electrons. The van der Waals surface area contributed by atoms with Crippen molar-refractivity contribution >= 4 is 22.6 Å². The molecule has 4 heterocycles. The number of nitrogens with zero attached hydrogens (tertiary/aromatic N) is 4. The normalized spacial score (nSPS) is 14.3. The number of carbonyl (C=O) groups is 1. The Balaban J connectivity index is 1.74. The Kier molecular flexibility index (Phi) is 4.82. The minimum atomic E-state index is -0.320. The number of pyridine rings is 3. The maximum Gasteiger partial charge on any atom is 0.267 e. The Morgan fingerprint density at radius 1 is 1.16 bits per heavy atom. The van der Waals surface area contributed by atoms with Gasteiger partial charge in [-0.25, -0.2) is 4.98 Å². The molecule has 1 aliphatic carbocycles. The Bertz CT molecular complexity index is 1400. The third-order valence-corrected chi connectivity index (χ3v) is 5.84. The van der Waals surface area contributed by atoms with E-state index in [1.165, 1.54) is 10.5 Å². The molecule has 0 spiro atoms. The van der Waals surface area contributed by atoms with Gasteiger partial charge in [-0.2, -0.15) is 0 Å². The topological polar surface area (TPSA) is 105 Å². The molecule has 0 aliphatic heterocycles. The van der Waals surface area contributed by atoms with E-state index in [9.17, 15) is 9.59 Å². The standard InChI is InChI=1S/C23H22N6O2/c24-20-17(22(30)26-16-5-1-2-6-16)13-18-21(29(20)14-15-8-10-25-11-9-15)27-19-7-3-4-12-28(19)23(18)31/h3-4,7-13,16,24H,1-2,5-6,14H2,(H,26,30). The molecule has 4 aromatic heterocycles. The summed E-state index contributed by atoms with van der Waals surface area (Å²) in [6.45, 7) is 0.303. The zero-order valence-electron chi connectivity index (χ0n) is 16.9. The molecule has 8 heteroatoms. The number of hydrogen-bond acceptors (Lipinski definition) is 5. The van der Waals surface area contributed by atoms with Crippen LogP contribution in [0.3, 0.4) is 0 Å². The SMILES string of the molecule is N=c1c(C(=O)NC2CCCC2)cc2c(=O)n3ccccc3nc2n1Cc1ccncc1. The van der Waals surface area contributed by atoms with Crippen LogP contribution in [0.25, 0.3) is 16.7 Å². The van der Waals surface area contributed by atoms with Crippen molar-refractivity contribution in [2.24, 2.45) is 0 Å². The predicted molar refractivity (Wildman–Crippen MR) is 116 cm³/mol. The maximum absolute atomic E-state index is 13.2. The molecule has 1 amide bonds. The van der Waals surface area contributed by atoms with Crippen molar-refractivity contribution in [1.29, 1.82) is 5.41 Å². The molecule has 0 aromatic carbocycles. The second-order valence-corrected chi connectivity index (χ2v) is 7.89. The van der Waals surface area contributed by atoms with Crippen LogP contribution in [0, 0.1) is 5.41 Å². The van der Waals surface area contributed by atoms with E-state index in [0.717, 1.165) is 31.2 Å². The zero-order chi connectivity index (χ0) is 21.4. The first-order chi connectivity index (χ1) is 15.1. The number of carbonyl (C=O) groups excluding carboxylic acids is 1.